The van der Waals surface area contributed by atoms with Gasteiger partial charge in [0.15, 0.2) is 0 Å². The normalized spacial score (nSPS) is 11.2. The minimum absolute atomic E-state index is 1.98. The Balaban J connectivity index is 2.32. The molecule has 4 heteroatoms. The van der Waals surface area contributed by atoms with Crippen molar-refractivity contribution in [3.05, 3.63) is 0 Å². The minimum atomic E-state index is -1.98. The molecule has 0 aromatic rings. The van der Waals surface area contributed by atoms with Crippen molar-refractivity contribution in [2.24, 2.45) is 0 Å². The van der Waals surface area contributed by atoms with Crippen LogP contribution in [0.5, 0.6) is 0 Å². The van der Waals surface area contributed by atoms with Crippen molar-refractivity contribution in [3.8, 4) is 0 Å². The monoisotopic (exact) mass is 258 g/mol. The first-order chi connectivity index (χ1) is 1.73. The van der Waals surface area contributed by atoms with Crippen molar-refractivity contribution in [2.75, 3.05) is 0 Å². The second-order valence-corrected chi connectivity index (χ2v) is 9.16. The number of halogens is 3. The van der Waals surface area contributed by atoms with E-state index in [0.717, 1.165) is 0 Å². The first-order valence-corrected chi connectivity index (χ1v) is 8.99. The van der Waals surface area contributed by atoms with Crippen molar-refractivity contribution in [1.29, 1.82) is 0 Å². The fourth-order valence-electron chi connectivity index (χ4n) is 0. The van der Waals surface area contributed by atoms with Gasteiger partial charge in [0.25, 0.3) is 0 Å². The molecule has 1 N–H and O–H groups in total. The molecule has 0 heterocycles. The SMILES string of the molecule is OI(Cl)Br. The Bertz CT molecular complexity index is 12.8. The predicted octanol–water partition coefficient (Wildman–Crippen LogP) is 1.86. The van der Waals surface area contributed by atoms with E-state index in [1.807, 2.05) is 0 Å². The fourth-order valence-corrected chi connectivity index (χ4v) is 0. The van der Waals surface area contributed by atoms with E-state index < -0.39 is 16.9 Å². The summed E-state index contributed by atoms with van der Waals surface area (Å²) < 4.78 is 7.89. The van der Waals surface area contributed by atoms with Crippen LogP contribution in [0.25, 0.3) is 0 Å². The number of rotatable bonds is 0. The molecule has 0 aliphatic rings. The first kappa shape index (κ1) is 5.46. The Kier molecular flexibility index (Phi) is 3.66. The molecule has 0 aromatic carbocycles. The standard InChI is InChI=1S/BrClHIO/c1-3(2)4/h4H. The molecule has 0 fully saturated rings. The molecule has 0 amide bonds. The van der Waals surface area contributed by atoms with Gasteiger partial charge in [-0.05, 0) is 0 Å². The molecule has 0 aromatic heterocycles. The van der Waals surface area contributed by atoms with Crippen LogP contribution in [0, 0.1) is 0 Å². The summed E-state index contributed by atoms with van der Waals surface area (Å²) in [7, 11) is 4.90. The fraction of sp³-hybridized carbons (Fsp3) is 0. The topological polar surface area (TPSA) is 20.2 Å². The molecule has 1 nitrogen and oxygen atoms in total. The maximum absolute atomic E-state index is 7.89. The van der Waals surface area contributed by atoms with Crippen LogP contribution in [0.3, 0.4) is 0 Å². The molecule has 28 valence electrons. The molecule has 4 heavy (non-hydrogen) atoms. The summed E-state index contributed by atoms with van der Waals surface area (Å²) in [5.41, 5.74) is 0. The van der Waals surface area contributed by atoms with Gasteiger partial charge in [0.1, 0.15) is 0 Å². The zero-order chi connectivity index (χ0) is 3.58. The van der Waals surface area contributed by atoms with Gasteiger partial charge < -0.3 is 0 Å². The van der Waals surface area contributed by atoms with Crippen molar-refractivity contribution in [1.82, 2.24) is 0 Å². The number of hydrogen-bond acceptors (Lipinski definition) is 1. The molecule has 0 aliphatic heterocycles. The molecule has 0 unspecified atom stereocenters. The second-order valence-electron chi connectivity index (χ2n) is 0.182. The van der Waals surface area contributed by atoms with Crippen molar-refractivity contribution >= 4 is 38.5 Å². The third-order valence-corrected chi connectivity index (χ3v) is 0. The Hall–Kier alpha value is 1.46. The van der Waals surface area contributed by atoms with E-state index in [4.69, 9.17) is 12.3 Å². The first-order valence-electron chi connectivity index (χ1n) is 0.455. The molecule has 0 atom stereocenters. The van der Waals surface area contributed by atoms with Gasteiger partial charge in [-0.1, -0.05) is 0 Å². The van der Waals surface area contributed by atoms with E-state index >= 15 is 0 Å². The molecule has 0 spiro atoms. The van der Waals surface area contributed by atoms with Gasteiger partial charge in [-0.15, -0.1) is 0 Å². The predicted molar refractivity (Wildman–Crippen MR) is 31.0 cm³/mol. The van der Waals surface area contributed by atoms with E-state index in [2.05, 4.69) is 12.7 Å². The van der Waals surface area contributed by atoms with E-state index in [1.54, 1.807) is 0 Å². The van der Waals surface area contributed by atoms with Crippen LogP contribution < -0.4 is 0 Å². The van der Waals surface area contributed by atoms with Gasteiger partial charge in [-0.3, -0.25) is 0 Å². The quantitative estimate of drug-likeness (QED) is 0.658. The van der Waals surface area contributed by atoms with Crippen LogP contribution in [0.15, 0.2) is 0 Å². The summed E-state index contributed by atoms with van der Waals surface area (Å²) in [6.45, 7) is 0. The molecule has 0 radical (unpaired) electrons. The van der Waals surface area contributed by atoms with Crippen molar-refractivity contribution in [3.63, 3.8) is 0 Å². The van der Waals surface area contributed by atoms with Crippen LogP contribution in [0.1, 0.15) is 0 Å². The summed E-state index contributed by atoms with van der Waals surface area (Å²) in [5, 5.41) is 0. The third kappa shape index (κ3) is 9.82. The zero-order valence-electron chi connectivity index (χ0n) is 1.58. The average molecular weight is 259 g/mol. The van der Waals surface area contributed by atoms with Crippen molar-refractivity contribution < 1.29 is 3.44 Å². The van der Waals surface area contributed by atoms with Gasteiger partial charge in [-0.25, -0.2) is 0 Å². The number of hydrogen-bond donors (Lipinski definition) is 1. The van der Waals surface area contributed by atoms with Gasteiger partial charge in [0, 0.05) is 0 Å². The average Bonchev–Trinajstić information content (AvgIpc) is 0.811. The van der Waals surface area contributed by atoms with Crippen LogP contribution >= 0.6 is 38.5 Å². The van der Waals surface area contributed by atoms with E-state index in [1.165, 1.54) is 0 Å². The van der Waals surface area contributed by atoms with E-state index in [9.17, 15) is 0 Å². The molecule has 0 saturated heterocycles. The molecule has 0 bridgehead atoms. The summed E-state index contributed by atoms with van der Waals surface area (Å²) in [6.07, 6.45) is 0. The van der Waals surface area contributed by atoms with Gasteiger partial charge in [-0.2, -0.15) is 0 Å². The summed E-state index contributed by atoms with van der Waals surface area (Å²) in [6, 6.07) is 0. The molecule has 0 saturated carbocycles. The van der Waals surface area contributed by atoms with Gasteiger partial charge in [0.2, 0.25) is 0 Å². The Labute approximate surface area is 41.7 Å². The van der Waals surface area contributed by atoms with E-state index in [-0.39, 0.29) is 0 Å². The van der Waals surface area contributed by atoms with Crippen molar-refractivity contribution in [2.45, 2.75) is 0 Å². The van der Waals surface area contributed by atoms with Crippen LogP contribution in [0.2, 0.25) is 0 Å². The Morgan fingerprint density at radius 3 is 2.00 bits per heavy atom. The molecular weight excluding hydrogens is 258 g/mol. The summed E-state index contributed by atoms with van der Waals surface area (Å²) in [5.74, 6) is 0. The third-order valence-electron chi connectivity index (χ3n) is 0. The zero-order valence-corrected chi connectivity index (χ0v) is 6.08. The Morgan fingerprint density at radius 1 is 2.00 bits per heavy atom. The van der Waals surface area contributed by atoms with Crippen LogP contribution in [-0.4, -0.2) is 3.44 Å². The summed E-state index contributed by atoms with van der Waals surface area (Å²) >= 11 is 0.770. The second kappa shape index (κ2) is 2.68. The maximum atomic E-state index is 7.89. The van der Waals surface area contributed by atoms with Crippen LogP contribution in [-0.2, 0) is 0 Å². The molecule has 0 rings (SSSR count). The van der Waals surface area contributed by atoms with E-state index in [0.29, 0.717) is 0 Å². The molecular formula is HBrClIO. The molecule has 0 aliphatic carbocycles. The summed E-state index contributed by atoms with van der Waals surface area (Å²) in [4.78, 5) is 0. The Morgan fingerprint density at radius 2 is 2.00 bits per heavy atom. The van der Waals surface area contributed by atoms with Crippen LogP contribution in [0.4, 0.5) is 0 Å². The van der Waals surface area contributed by atoms with Gasteiger partial charge >= 0.3 is 41.9 Å². The van der Waals surface area contributed by atoms with Gasteiger partial charge in [0.05, 0.1) is 0 Å².